The van der Waals surface area contributed by atoms with Crippen molar-refractivity contribution in [2.45, 2.75) is 25.3 Å². The smallest absolute Gasteiger partial charge is 0.134 e. The van der Waals surface area contributed by atoms with E-state index in [9.17, 15) is 0 Å². The van der Waals surface area contributed by atoms with Crippen LogP contribution in [0.25, 0.3) is 0 Å². The number of methoxy groups -OCH3 is 1. The summed E-state index contributed by atoms with van der Waals surface area (Å²) in [6.07, 6.45) is 5.20. The zero-order valence-corrected chi connectivity index (χ0v) is 11.5. The summed E-state index contributed by atoms with van der Waals surface area (Å²) in [4.78, 5) is 10.9. The molecule has 6 heteroatoms. The van der Waals surface area contributed by atoms with E-state index in [0.29, 0.717) is 19.2 Å². The molecule has 0 aromatic carbocycles. The minimum atomic E-state index is 0.399. The maximum atomic E-state index is 5.85. The molecule has 0 bridgehead atoms. The summed E-state index contributed by atoms with van der Waals surface area (Å²) in [6.45, 7) is 3.11. The first-order chi connectivity index (χ1) is 9.35. The average Bonchev–Trinajstić information content (AvgIpc) is 2.48. The second kappa shape index (κ2) is 7.25. The van der Waals surface area contributed by atoms with Crippen molar-refractivity contribution in [2.75, 3.05) is 43.6 Å². The standard InChI is InChI=1S/C13H23N5O/c1-19-7-5-15-12-8-13(17-10-16-12)18-6-3-2-4-11(18)9-14/h8,10-11H,2-7,9,14H2,1H3,(H,15,16,17). The maximum absolute atomic E-state index is 5.85. The Hall–Kier alpha value is -1.40. The summed E-state index contributed by atoms with van der Waals surface area (Å²) >= 11 is 0. The second-order valence-electron chi connectivity index (χ2n) is 4.76. The number of ether oxygens (including phenoxy) is 1. The summed E-state index contributed by atoms with van der Waals surface area (Å²) < 4.78 is 5.01. The third kappa shape index (κ3) is 3.78. The first-order valence-electron chi connectivity index (χ1n) is 6.86. The van der Waals surface area contributed by atoms with Gasteiger partial charge in [0.15, 0.2) is 0 Å². The van der Waals surface area contributed by atoms with Crippen LogP contribution < -0.4 is 16.0 Å². The lowest BCUT2D eigenvalue weighted by Gasteiger charge is -2.36. The second-order valence-corrected chi connectivity index (χ2v) is 4.76. The molecule has 2 rings (SSSR count). The van der Waals surface area contributed by atoms with E-state index in [4.69, 9.17) is 10.5 Å². The fraction of sp³-hybridized carbons (Fsp3) is 0.692. The highest BCUT2D eigenvalue weighted by atomic mass is 16.5. The Kier molecular flexibility index (Phi) is 5.35. The Bertz CT molecular complexity index is 387. The molecule has 0 radical (unpaired) electrons. The summed E-state index contributed by atoms with van der Waals surface area (Å²) in [6, 6.07) is 2.39. The molecule has 0 spiro atoms. The van der Waals surface area contributed by atoms with Crippen molar-refractivity contribution >= 4 is 11.6 Å². The highest BCUT2D eigenvalue weighted by molar-refractivity contribution is 5.49. The number of nitrogens with one attached hydrogen (secondary N) is 1. The molecule has 2 heterocycles. The van der Waals surface area contributed by atoms with E-state index >= 15 is 0 Å². The highest BCUT2D eigenvalue weighted by Crippen LogP contribution is 2.23. The molecule has 106 valence electrons. The van der Waals surface area contributed by atoms with Gasteiger partial charge in [-0.25, -0.2) is 9.97 Å². The quantitative estimate of drug-likeness (QED) is 0.743. The molecule has 1 aliphatic heterocycles. The van der Waals surface area contributed by atoms with Gasteiger partial charge >= 0.3 is 0 Å². The minimum absolute atomic E-state index is 0.399. The van der Waals surface area contributed by atoms with Crippen LogP contribution in [0.1, 0.15) is 19.3 Å². The zero-order chi connectivity index (χ0) is 13.5. The van der Waals surface area contributed by atoms with E-state index in [1.54, 1.807) is 13.4 Å². The highest BCUT2D eigenvalue weighted by Gasteiger charge is 2.22. The number of nitrogens with two attached hydrogens (primary N) is 1. The van der Waals surface area contributed by atoms with Gasteiger partial charge in [0.05, 0.1) is 6.61 Å². The molecule has 0 amide bonds. The number of anilines is 2. The molecule has 0 saturated carbocycles. The van der Waals surface area contributed by atoms with Crippen LogP contribution in [-0.2, 0) is 4.74 Å². The van der Waals surface area contributed by atoms with E-state index in [0.717, 1.165) is 31.1 Å². The third-order valence-corrected chi connectivity index (χ3v) is 3.46. The van der Waals surface area contributed by atoms with E-state index in [1.807, 2.05) is 6.07 Å². The molecule has 3 N–H and O–H groups in total. The Morgan fingerprint density at radius 1 is 1.47 bits per heavy atom. The van der Waals surface area contributed by atoms with Crippen molar-refractivity contribution in [3.05, 3.63) is 12.4 Å². The monoisotopic (exact) mass is 265 g/mol. The fourth-order valence-electron chi connectivity index (χ4n) is 2.43. The van der Waals surface area contributed by atoms with Crippen molar-refractivity contribution in [1.29, 1.82) is 0 Å². The van der Waals surface area contributed by atoms with Gasteiger partial charge in [0.1, 0.15) is 18.0 Å². The van der Waals surface area contributed by atoms with Crippen molar-refractivity contribution < 1.29 is 4.74 Å². The van der Waals surface area contributed by atoms with Crippen LogP contribution in [0.4, 0.5) is 11.6 Å². The summed E-state index contributed by atoms with van der Waals surface area (Å²) in [5.74, 6) is 1.80. The topological polar surface area (TPSA) is 76.3 Å². The minimum Gasteiger partial charge on any atom is -0.383 e. The van der Waals surface area contributed by atoms with E-state index in [1.165, 1.54) is 12.8 Å². The van der Waals surface area contributed by atoms with Crippen LogP contribution >= 0.6 is 0 Å². The van der Waals surface area contributed by atoms with E-state index in [-0.39, 0.29) is 0 Å². The van der Waals surface area contributed by atoms with Gasteiger partial charge in [-0.3, -0.25) is 0 Å². The number of nitrogens with zero attached hydrogens (tertiary/aromatic N) is 3. The number of rotatable bonds is 6. The maximum Gasteiger partial charge on any atom is 0.134 e. The van der Waals surface area contributed by atoms with Crippen LogP contribution in [0, 0.1) is 0 Å². The van der Waals surface area contributed by atoms with Crippen molar-refractivity contribution in [2.24, 2.45) is 5.73 Å². The lowest BCUT2D eigenvalue weighted by Crippen LogP contribution is -2.44. The van der Waals surface area contributed by atoms with Gasteiger partial charge in [-0.2, -0.15) is 0 Å². The predicted octanol–water partition coefficient (Wildman–Crippen LogP) is 0.853. The average molecular weight is 265 g/mol. The number of hydrogen-bond donors (Lipinski definition) is 2. The van der Waals surface area contributed by atoms with E-state index < -0.39 is 0 Å². The molecule has 6 nitrogen and oxygen atoms in total. The van der Waals surface area contributed by atoms with E-state index in [2.05, 4.69) is 20.2 Å². The van der Waals surface area contributed by atoms with Gasteiger partial charge in [0, 0.05) is 38.9 Å². The number of aromatic nitrogens is 2. The zero-order valence-electron chi connectivity index (χ0n) is 11.5. The number of piperidine rings is 1. The molecule has 0 aliphatic carbocycles. The largest absolute Gasteiger partial charge is 0.383 e. The van der Waals surface area contributed by atoms with Gasteiger partial charge in [-0.15, -0.1) is 0 Å². The molecule has 1 saturated heterocycles. The molecule has 1 fully saturated rings. The summed E-state index contributed by atoms with van der Waals surface area (Å²) in [5.41, 5.74) is 5.85. The Morgan fingerprint density at radius 2 is 2.37 bits per heavy atom. The normalized spacial score (nSPS) is 19.5. The molecule has 1 unspecified atom stereocenters. The Labute approximate surface area is 114 Å². The molecule has 1 atom stereocenters. The lowest BCUT2D eigenvalue weighted by atomic mass is 10.0. The molecule has 1 aromatic rings. The van der Waals surface area contributed by atoms with Gasteiger partial charge in [-0.1, -0.05) is 0 Å². The SMILES string of the molecule is COCCNc1cc(N2CCCCC2CN)ncn1. The lowest BCUT2D eigenvalue weighted by molar-refractivity contribution is 0.210. The van der Waals surface area contributed by atoms with Crippen LogP contribution in [0.5, 0.6) is 0 Å². The molecule has 1 aliphatic rings. The first-order valence-corrected chi connectivity index (χ1v) is 6.86. The van der Waals surface area contributed by atoms with Gasteiger partial charge in [0.25, 0.3) is 0 Å². The van der Waals surface area contributed by atoms with Gasteiger partial charge in [0.2, 0.25) is 0 Å². The van der Waals surface area contributed by atoms with Crippen LogP contribution in [-0.4, -0.2) is 49.4 Å². The van der Waals surface area contributed by atoms with Gasteiger partial charge in [-0.05, 0) is 19.3 Å². The molecular formula is C13H23N5O. The first kappa shape index (κ1) is 14.0. The van der Waals surface area contributed by atoms with Gasteiger partial charge < -0.3 is 20.7 Å². The van der Waals surface area contributed by atoms with Crippen LogP contribution in [0.3, 0.4) is 0 Å². The van der Waals surface area contributed by atoms with Crippen molar-refractivity contribution in [3.63, 3.8) is 0 Å². The van der Waals surface area contributed by atoms with Crippen molar-refractivity contribution in [1.82, 2.24) is 9.97 Å². The predicted molar refractivity (Wildman–Crippen MR) is 76.4 cm³/mol. The Morgan fingerprint density at radius 3 is 3.16 bits per heavy atom. The van der Waals surface area contributed by atoms with Crippen LogP contribution in [0.15, 0.2) is 12.4 Å². The fourth-order valence-corrected chi connectivity index (χ4v) is 2.43. The molecular weight excluding hydrogens is 242 g/mol. The summed E-state index contributed by atoms with van der Waals surface area (Å²) in [7, 11) is 1.69. The molecule has 1 aromatic heterocycles. The summed E-state index contributed by atoms with van der Waals surface area (Å²) in [5, 5.41) is 3.22. The number of hydrogen-bond acceptors (Lipinski definition) is 6. The third-order valence-electron chi connectivity index (χ3n) is 3.46. The van der Waals surface area contributed by atoms with Crippen molar-refractivity contribution in [3.8, 4) is 0 Å². The molecule has 19 heavy (non-hydrogen) atoms. The Balaban J connectivity index is 2.04. The van der Waals surface area contributed by atoms with Crippen LogP contribution in [0.2, 0.25) is 0 Å².